The number of allylic oxidation sites excluding steroid dienone is 4. The molecule has 0 fully saturated rings. The van der Waals surface area contributed by atoms with Crippen molar-refractivity contribution in [2.75, 3.05) is 46.9 Å². The number of unbranched alkanes of at least 4 members (excludes halogenated alkanes) is 22. The Morgan fingerprint density at radius 2 is 1.07 bits per heavy atom. The maximum atomic E-state index is 13.0. The van der Waals surface area contributed by atoms with Gasteiger partial charge in [0.15, 0.2) is 17.7 Å². The fourth-order valence-corrected chi connectivity index (χ4v) is 7.39. The van der Waals surface area contributed by atoms with E-state index in [1.54, 1.807) is 0 Å². The van der Waals surface area contributed by atoms with E-state index in [1.807, 2.05) is 14.1 Å². The molecule has 17 heteroatoms. The first-order valence-corrected chi connectivity index (χ1v) is 25.9. The van der Waals surface area contributed by atoms with Crippen LogP contribution in [0.25, 0.3) is 0 Å². The zero-order valence-electron chi connectivity index (χ0n) is 42.7. The van der Waals surface area contributed by atoms with Gasteiger partial charge in [-0.05, 0) is 77.0 Å². The summed E-state index contributed by atoms with van der Waals surface area (Å²) in [6.07, 6.45) is 35.5. The van der Waals surface area contributed by atoms with Crippen LogP contribution in [0, 0.1) is 5.41 Å². The third-order valence-electron chi connectivity index (χ3n) is 11.5. The van der Waals surface area contributed by atoms with Crippen LogP contribution >= 0.6 is 0 Å². The lowest BCUT2D eigenvalue weighted by Gasteiger charge is -2.34. The number of nitrogens with zero attached hydrogens (tertiary/aromatic N) is 1. The Labute approximate surface area is 408 Å². The molecule has 0 saturated heterocycles. The lowest BCUT2D eigenvalue weighted by atomic mass is 10.0. The first-order valence-electron chi connectivity index (χ1n) is 25.9. The van der Waals surface area contributed by atoms with Crippen molar-refractivity contribution in [3.8, 4) is 0 Å². The number of hydrogen-bond acceptors (Lipinski definition) is 10. The predicted octanol–water partition coefficient (Wildman–Crippen LogP) is 9.48. The number of likely N-dealkylation sites (N-methyl/N-ethyl adjacent to an activating group) is 1. The number of guanidine groups is 1. The summed E-state index contributed by atoms with van der Waals surface area (Å²) in [6.45, 7) is 5.99. The molecule has 0 heterocycles. The van der Waals surface area contributed by atoms with Crippen LogP contribution in [0.3, 0.4) is 0 Å². The molecule has 0 aromatic carbocycles. The molecule has 14 nitrogen and oxygen atoms in total. The van der Waals surface area contributed by atoms with Gasteiger partial charge in [0.2, 0.25) is 0 Å². The molecule has 0 radical (unpaired) electrons. The van der Waals surface area contributed by atoms with E-state index in [2.05, 4.69) is 48.8 Å². The molecule has 68 heavy (non-hydrogen) atoms. The molecular weight excluding hydrogens is 882 g/mol. The monoisotopic (exact) mass is 977 g/mol. The zero-order chi connectivity index (χ0) is 51.4. The molecule has 2 atom stereocenters. The van der Waals surface area contributed by atoms with Gasteiger partial charge in [-0.2, -0.15) is 13.2 Å². The summed E-state index contributed by atoms with van der Waals surface area (Å²) < 4.78 is 43.5. The molecule has 0 aliphatic carbocycles. The number of nitrogens with one attached hydrogen (secondary N) is 3. The third-order valence-corrected chi connectivity index (χ3v) is 11.5. The summed E-state index contributed by atoms with van der Waals surface area (Å²) >= 11 is 0. The van der Waals surface area contributed by atoms with Crippen LogP contribution in [-0.4, -0.2) is 104 Å². The largest absolute Gasteiger partial charge is 0.542 e. The standard InChI is InChI=1S/C49H94N6O6.C2HF3O2/c1-5-7-9-11-13-15-17-19-21-23-25-27-29-31-33-36-45(56)60-43-44(42-55(3,4)41-40-54-49(52,47(58)59)38-35-39-53-48(50)51)61-46(57)37-34-32-30-28-26-24-22-20-18-16-14-12-10-8-6-2;3-2(4,5)1(6)7/h19-22,44,54H,5-18,23-43,52H2,1-4H3,(H4-,50,51,53,58,59);(H,6,7)/b21-19-,22-20-;/t44?,49-;/m1./s1. The Hall–Kier alpha value is -3.70. The van der Waals surface area contributed by atoms with Crippen LogP contribution < -0.4 is 27.2 Å². The molecule has 1 unspecified atom stereocenters. The van der Waals surface area contributed by atoms with Crippen LogP contribution in [0.15, 0.2) is 24.3 Å². The Kier molecular flexibility index (Phi) is 42.3. The number of quaternary nitrogens is 1. The molecule has 8 N–H and O–H groups in total. The first-order chi connectivity index (χ1) is 32.3. The van der Waals surface area contributed by atoms with Gasteiger partial charge in [-0.15, -0.1) is 0 Å². The van der Waals surface area contributed by atoms with Crippen molar-refractivity contribution in [1.29, 1.82) is 5.41 Å². The number of ether oxygens (including phenoxy) is 2. The lowest BCUT2D eigenvalue weighted by Crippen LogP contribution is -2.62. The smallest absolute Gasteiger partial charge is 0.430 e. The van der Waals surface area contributed by atoms with E-state index in [4.69, 9.17) is 36.3 Å². The van der Waals surface area contributed by atoms with Crippen LogP contribution in [0.2, 0.25) is 0 Å². The fourth-order valence-electron chi connectivity index (χ4n) is 7.39. The number of halogens is 3. The van der Waals surface area contributed by atoms with Crippen molar-refractivity contribution in [3.05, 3.63) is 24.3 Å². The number of carbonyl (C=O) groups excluding carboxylic acids is 3. The molecule has 398 valence electrons. The van der Waals surface area contributed by atoms with Crippen LogP contribution in [-0.2, 0) is 28.7 Å². The number of alkyl halides is 3. The van der Waals surface area contributed by atoms with Crippen molar-refractivity contribution in [1.82, 2.24) is 10.6 Å². The normalized spacial score (nSPS) is 13.2. The summed E-state index contributed by atoms with van der Waals surface area (Å²) in [5.41, 5.74) is 9.90. The zero-order valence-corrected chi connectivity index (χ0v) is 42.7. The Bertz CT molecular complexity index is 1370. The molecule has 0 aromatic rings. The Morgan fingerprint density at radius 1 is 0.676 bits per heavy atom. The number of nitrogens with two attached hydrogens (primary N) is 2. The maximum Gasteiger partial charge on any atom is 0.430 e. The molecule has 0 bridgehead atoms. The van der Waals surface area contributed by atoms with Crippen molar-refractivity contribution in [2.24, 2.45) is 11.5 Å². The van der Waals surface area contributed by atoms with Crippen LogP contribution in [0.4, 0.5) is 13.2 Å². The number of aliphatic carboxylic acids is 2. The summed E-state index contributed by atoms with van der Waals surface area (Å²) in [4.78, 5) is 46.6. The molecule has 0 amide bonds. The summed E-state index contributed by atoms with van der Waals surface area (Å²) in [5.74, 6) is -4.92. The predicted molar refractivity (Wildman–Crippen MR) is 264 cm³/mol. The van der Waals surface area contributed by atoms with Gasteiger partial charge in [0.05, 0.1) is 20.6 Å². The topological polar surface area (TPSA) is 230 Å². The fraction of sp³-hybridized carbons (Fsp3) is 0.824. The van der Waals surface area contributed by atoms with Crippen molar-refractivity contribution < 1.29 is 56.5 Å². The van der Waals surface area contributed by atoms with Crippen molar-refractivity contribution >= 4 is 29.8 Å². The van der Waals surface area contributed by atoms with Gasteiger partial charge in [0.25, 0.3) is 0 Å². The van der Waals surface area contributed by atoms with Gasteiger partial charge in [0, 0.05) is 25.9 Å². The number of carboxylic acids is 2. The molecule has 0 rings (SSSR count). The minimum atomic E-state index is -5.19. The molecule has 0 saturated carbocycles. The average molecular weight is 977 g/mol. The molecule has 0 aromatic heterocycles. The van der Waals surface area contributed by atoms with E-state index in [0.29, 0.717) is 49.9 Å². The van der Waals surface area contributed by atoms with Crippen molar-refractivity contribution in [2.45, 2.75) is 224 Å². The van der Waals surface area contributed by atoms with Gasteiger partial charge < -0.3 is 45.7 Å². The SMILES string of the molecule is CCCCCCCC/C=C\CCCCCCCC(=O)OCC(C[N+](C)(C)CCN[C@](N)(CCCNC(=N)N)C(=O)O)OC(=O)CCCCCCC/C=C\CCCCCCCC.O=C([O-])C(F)(F)F. The Morgan fingerprint density at radius 3 is 1.47 bits per heavy atom. The van der Waals surface area contributed by atoms with E-state index in [0.717, 1.165) is 64.2 Å². The second-order valence-electron chi connectivity index (χ2n) is 18.7. The molecule has 0 spiro atoms. The van der Waals surface area contributed by atoms with Gasteiger partial charge in [-0.1, -0.05) is 141 Å². The second kappa shape index (κ2) is 43.3. The van der Waals surface area contributed by atoms with Crippen molar-refractivity contribution in [3.63, 3.8) is 0 Å². The van der Waals surface area contributed by atoms with Gasteiger partial charge in [-0.3, -0.25) is 20.3 Å². The highest BCUT2D eigenvalue weighted by Crippen LogP contribution is 2.15. The first kappa shape index (κ1) is 66.4. The van der Waals surface area contributed by atoms with E-state index in [-0.39, 0.29) is 30.9 Å². The van der Waals surface area contributed by atoms with E-state index < -0.39 is 29.9 Å². The van der Waals surface area contributed by atoms with E-state index >= 15 is 0 Å². The van der Waals surface area contributed by atoms with Gasteiger partial charge in [0.1, 0.15) is 19.1 Å². The lowest BCUT2D eigenvalue weighted by molar-refractivity contribution is -0.892. The molecule has 0 aliphatic rings. The number of esters is 2. The number of carbonyl (C=O) groups is 4. The summed E-state index contributed by atoms with van der Waals surface area (Å²) in [6, 6.07) is 0. The van der Waals surface area contributed by atoms with Gasteiger partial charge in [-0.25, -0.2) is 4.79 Å². The minimum Gasteiger partial charge on any atom is -0.542 e. The van der Waals surface area contributed by atoms with Crippen LogP contribution in [0.5, 0.6) is 0 Å². The second-order valence-corrected chi connectivity index (χ2v) is 18.7. The molecular formula is C51H95F3N6O8. The highest BCUT2D eigenvalue weighted by Gasteiger charge is 2.34. The summed E-state index contributed by atoms with van der Waals surface area (Å²) in [5, 5.41) is 31.6. The summed E-state index contributed by atoms with van der Waals surface area (Å²) in [7, 11) is 3.94. The molecule has 0 aliphatic heterocycles. The van der Waals surface area contributed by atoms with Gasteiger partial charge >= 0.3 is 24.1 Å². The highest BCUT2D eigenvalue weighted by atomic mass is 19.4. The third kappa shape index (κ3) is 44.8. The number of hydrogen-bond donors (Lipinski definition) is 6. The average Bonchev–Trinajstić information content (AvgIpc) is 3.26. The highest BCUT2D eigenvalue weighted by molar-refractivity contribution is 5.78. The van der Waals surface area contributed by atoms with E-state index in [1.165, 1.54) is 103 Å². The number of rotatable bonds is 44. The Balaban J connectivity index is 0. The number of carboxylic acid groups (broad SMARTS) is 2. The quantitative estimate of drug-likeness (QED) is 0.00638. The van der Waals surface area contributed by atoms with Crippen LogP contribution in [0.1, 0.15) is 206 Å². The minimum absolute atomic E-state index is 0.0176. The van der Waals surface area contributed by atoms with E-state index in [9.17, 15) is 32.7 Å². The maximum absolute atomic E-state index is 13.0.